The molecular weight excluding hydrogens is 238 g/mol. The van der Waals surface area contributed by atoms with Gasteiger partial charge in [0.2, 0.25) is 5.91 Å². The van der Waals surface area contributed by atoms with Crippen LogP contribution in [0.4, 0.5) is 0 Å². The van der Waals surface area contributed by atoms with E-state index in [9.17, 15) is 13.2 Å². The van der Waals surface area contributed by atoms with Gasteiger partial charge in [0.1, 0.15) is 0 Å². The zero-order valence-corrected chi connectivity index (χ0v) is 10.4. The molecule has 0 bridgehead atoms. The van der Waals surface area contributed by atoms with Crippen LogP contribution in [0.15, 0.2) is 0 Å². The lowest BCUT2D eigenvalue weighted by atomic mass is 10.1. The van der Waals surface area contributed by atoms with Crippen molar-refractivity contribution in [1.29, 1.82) is 0 Å². The minimum absolute atomic E-state index is 0.0384. The number of carbonyl (C=O) groups excluding carboxylic acids is 1. The van der Waals surface area contributed by atoms with Crippen molar-refractivity contribution in [2.75, 3.05) is 11.5 Å². The van der Waals surface area contributed by atoms with Crippen LogP contribution in [0.1, 0.15) is 20.3 Å². The standard InChI is InChI=1S/C9H16ClNO3S/c1-3-6(2)9(12)11-8-5-15(13,14)4-7(8)10/h6-8H,3-5H2,1-2H3,(H,11,12)/t6-,7+,8-/m0/s1. The van der Waals surface area contributed by atoms with Gasteiger partial charge >= 0.3 is 0 Å². The molecule has 1 aliphatic heterocycles. The maximum Gasteiger partial charge on any atom is 0.223 e. The number of carbonyl (C=O) groups is 1. The van der Waals surface area contributed by atoms with E-state index in [4.69, 9.17) is 11.6 Å². The summed E-state index contributed by atoms with van der Waals surface area (Å²) in [5.74, 6) is -0.300. The molecule has 1 N–H and O–H groups in total. The van der Waals surface area contributed by atoms with Gasteiger partial charge < -0.3 is 5.32 Å². The Morgan fingerprint density at radius 1 is 1.53 bits per heavy atom. The molecule has 4 nitrogen and oxygen atoms in total. The summed E-state index contributed by atoms with van der Waals surface area (Å²) in [4.78, 5) is 11.5. The molecule has 0 spiro atoms. The molecule has 15 heavy (non-hydrogen) atoms. The van der Waals surface area contributed by atoms with Crippen LogP contribution in [0, 0.1) is 5.92 Å². The van der Waals surface area contributed by atoms with E-state index in [-0.39, 0.29) is 23.3 Å². The number of nitrogens with one attached hydrogen (secondary N) is 1. The van der Waals surface area contributed by atoms with Crippen LogP contribution in [0.2, 0.25) is 0 Å². The van der Waals surface area contributed by atoms with Gasteiger partial charge in [-0.2, -0.15) is 0 Å². The van der Waals surface area contributed by atoms with Crippen molar-refractivity contribution in [2.24, 2.45) is 5.92 Å². The van der Waals surface area contributed by atoms with Crippen molar-refractivity contribution < 1.29 is 13.2 Å². The second-order valence-corrected chi connectivity index (χ2v) is 6.73. The van der Waals surface area contributed by atoms with Gasteiger partial charge in [-0.25, -0.2) is 8.42 Å². The Morgan fingerprint density at radius 3 is 2.53 bits per heavy atom. The predicted molar refractivity (Wildman–Crippen MR) is 59.7 cm³/mol. The molecule has 0 radical (unpaired) electrons. The fraction of sp³-hybridized carbons (Fsp3) is 0.889. The monoisotopic (exact) mass is 253 g/mol. The number of sulfone groups is 1. The zero-order valence-electron chi connectivity index (χ0n) is 8.86. The molecule has 1 heterocycles. The van der Waals surface area contributed by atoms with E-state index in [1.165, 1.54) is 0 Å². The van der Waals surface area contributed by atoms with Gasteiger partial charge in [0.05, 0.1) is 22.9 Å². The highest BCUT2D eigenvalue weighted by atomic mass is 35.5. The minimum Gasteiger partial charge on any atom is -0.351 e. The Kier molecular flexibility index (Phi) is 4.00. The van der Waals surface area contributed by atoms with Gasteiger partial charge in [-0.05, 0) is 6.42 Å². The highest BCUT2D eigenvalue weighted by Crippen LogP contribution is 2.18. The summed E-state index contributed by atoms with van der Waals surface area (Å²) >= 11 is 5.86. The summed E-state index contributed by atoms with van der Waals surface area (Å²) in [6.07, 6.45) is 0.734. The molecule has 3 atom stereocenters. The fourth-order valence-corrected chi connectivity index (χ4v) is 4.00. The Balaban J connectivity index is 2.57. The van der Waals surface area contributed by atoms with E-state index in [1.807, 2.05) is 13.8 Å². The van der Waals surface area contributed by atoms with Crippen LogP contribution < -0.4 is 5.32 Å². The van der Waals surface area contributed by atoms with Gasteiger partial charge in [0.15, 0.2) is 9.84 Å². The van der Waals surface area contributed by atoms with Gasteiger partial charge in [-0.1, -0.05) is 13.8 Å². The van der Waals surface area contributed by atoms with E-state index in [0.29, 0.717) is 0 Å². The second kappa shape index (κ2) is 4.70. The average Bonchev–Trinajstić information content (AvgIpc) is 2.38. The van der Waals surface area contributed by atoms with Crippen molar-refractivity contribution in [3.05, 3.63) is 0 Å². The SMILES string of the molecule is CC[C@H](C)C(=O)N[C@H]1CS(=O)(=O)C[C@H]1Cl. The maximum atomic E-state index is 11.5. The van der Waals surface area contributed by atoms with Gasteiger partial charge in [0, 0.05) is 5.92 Å². The number of hydrogen-bond acceptors (Lipinski definition) is 3. The van der Waals surface area contributed by atoms with E-state index >= 15 is 0 Å². The molecule has 0 aromatic rings. The second-order valence-electron chi connectivity index (χ2n) is 4.02. The normalized spacial score (nSPS) is 31.1. The molecule has 1 aliphatic rings. The van der Waals surface area contributed by atoms with Crippen molar-refractivity contribution in [3.8, 4) is 0 Å². The third kappa shape index (κ3) is 3.34. The van der Waals surface area contributed by atoms with Crippen LogP contribution in [0.5, 0.6) is 0 Å². The first-order valence-corrected chi connectivity index (χ1v) is 7.26. The summed E-state index contributed by atoms with van der Waals surface area (Å²) < 4.78 is 22.5. The van der Waals surface area contributed by atoms with Gasteiger partial charge in [0.25, 0.3) is 0 Å². The molecule has 0 saturated carbocycles. The largest absolute Gasteiger partial charge is 0.351 e. The first kappa shape index (κ1) is 12.8. The maximum absolute atomic E-state index is 11.5. The van der Waals surface area contributed by atoms with Crippen LogP contribution in [0.3, 0.4) is 0 Å². The smallest absolute Gasteiger partial charge is 0.223 e. The third-order valence-electron chi connectivity index (χ3n) is 2.67. The number of rotatable bonds is 3. The molecule has 1 fully saturated rings. The van der Waals surface area contributed by atoms with E-state index in [1.54, 1.807) is 0 Å². The van der Waals surface area contributed by atoms with Crippen LogP contribution in [-0.2, 0) is 14.6 Å². The summed E-state index contributed by atoms with van der Waals surface area (Å²) in [6, 6.07) is -0.432. The third-order valence-corrected chi connectivity index (χ3v) is 5.05. The van der Waals surface area contributed by atoms with Crippen molar-refractivity contribution in [1.82, 2.24) is 5.32 Å². The van der Waals surface area contributed by atoms with E-state index in [0.717, 1.165) is 6.42 Å². The van der Waals surface area contributed by atoms with Crippen molar-refractivity contribution >= 4 is 27.3 Å². The molecule has 0 aromatic carbocycles. The van der Waals surface area contributed by atoms with Crippen LogP contribution in [-0.4, -0.2) is 37.2 Å². The summed E-state index contributed by atoms with van der Waals surface area (Å²) in [5.41, 5.74) is 0. The molecule has 88 valence electrons. The predicted octanol–water partition coefficient (Wildman–Crippen LogP) is 0.553. The number of hydrogen-bond donors (Lipinski definition) is 1. The van der Waals surface area contributed by atoms with Crippen LogP contribution in [0.25, 0.3) is 0 Å². The Hall–Kier alpha value is -0.290. The average molecular weight is 254 g/mol. The summed E-state index contributed by atoms with van der Waals surface area (Å²) in [5, 5.41) is 2.19. The lowest BCUT2D eigenvalue weighted by molar-refractivity contribution is -0.125. The quantitative estimate of drug-likeness (QED) is 0.748. The van der Waals surface area contributed by atoms with Gasteiger partial charge in [-0.15, -0.1) is 11.6 Å². The van der Waals surface area contributed by atoms with Crippen molar-refractivity contribution in [2.45, 2.75) is 31.7 Å². The first-order valence-electron chi connectivity index (χ1n) is 5.00. The highest BCUT2D eigenvalue weighted by Gasteiger charge is 2.37. The Labute approximate surface area is 95.3 Å². The minimum atomic E-state index is -3.07. The number of alkyl halides is 1. The molecule has 0 aromatic heterocycles. The molecule has 1 saturated heterocycles. The van der Waals surface area contributed by atoms with E-state index in [2.05, 4.69) is 5.32 Å². The zero-order chi connectivity index (χ0) is 11.6. The van der Waals surface area contributed by atoms with Crippen molar-refractivity contribution in [3.63, 3.8) is 0 Å². The summed E-state index contributed by atoms with van der Waals surface area (Å²) in [7, 11) is -3.07. The molecule has 0 unspecified atom stereocenters. The lowest BCUT2D eigenvalue weighted by Crippen LogP contribution is -2.42. The topological polar surface area (TPSA) is 63.2 Å². The lowest BCUT2D eigenvalue weighted by Gasteiger charge is -2.17. The molecule has 6 heteroatoms. The Morgan fingerprint density at radius 2 is 2.13 bits per heavy atom. The molecular formula is C9H16ClNO3S. The van der Waals surface area contributed by atoms with Gasteiger partial charge in [-0.3, -0.25) is 4.79 Å². The molecule has 1 amide bonds. The number of halogens is 1. The Bertz CT molecular complexity index is 341. The van der Waals surface area contributed by atoms with Crippen LogP contribution >= 0.6 is 11.6 Å². The highest BCUT2D eigenvalue weighted by molar-refractivity contribution is 7.91. The first-order chi connectivity index (χ1) is 6.85. The molecule has 0 aliphatic carbocycles. The van der Waals surface area contributed by atoms with E-state index < -0.39 is 21.3 Å². The number of amides is 1. The molecule has 1 rings (SSSR count). The fourth-order valence-electron chi connectivity index (χ4n) is 1.45. The summed E-state index contributed by atoms with van der Waals surface area (Å²) in [6.45, 7) is 3.72.